The van der Waals surface area contributed by atoms with Crippen molar-refractivity contribution in [3.63, 3.8) is 0 Å². The fourth-order valence-corrected chi connectivity index (χ4v) is 0.974. The number of carbonyl (C=O) groups is 1. The smallest absolute Gasteiger partial charge is 0.244 e. The zero-order valence-corrected chi connectivity index (χ0v) is 7.81. The van der Waals surface area contributed by atoms with Crippen LogP contribution in [0.2, 0.25) is 0 Å². The largest absolute Gasteiger partial charge is 0.395 e. The molecule has 0 atom stereocenters. The molecule has 0 spiro atoms. The first-order valence-electron chi connectivity index (χ1n) is 4.45. The van der Waals surface area contributed by atoms with E-state index in [2.05, 4.69) is 5.32 Å². The molecular formula is C11H13NO2. The van der Waals surface area contributed by atoms with Gasteiger partial charge in [-0.15, -0.1) is 0 Å². The Morgan fingerprint density at radius 2 is 2.07 bits per heavy atom. The van der Waals surface area contributed by atoms with E-state index < -0.39 is 0 Å². The van der Waals surface area contributed by atoms with Crippen molar-refractivity contribution in [3.8, 4) is 0 Å². The van der Waals surface area contributed by atoms with E-state index >= 15 is 0 Å². The monoisotopic (exact) mass is 191 g/mol. The van der Waals surface area contributed by atoms with E-state index in [0.717, 1.165) is 5.56 Å². The van der Waals surface area contributed by atoms with E-state index in [1.165, 1.54) is 6.08 Å². The van der Waals surface area contributed by atoms with Crippen molar-refractivity contribution in [2.24, 2.45) is 0 Å². The molecular weight excluding hydrogens is 178 g/mol. The molecule has 3 nitrogen and oxygen atoms in total. The van der Waals surface area contributed by atoms with Gasteiger partial charge in [0.2, 0.25) is 5.91 Å². The van der Waals surface area contributed by atoms with Gasteiger partial charge in [0, 0.05) is 12.6 Å². The molecule has 2 N–H and O–H groups in total. The number of aliphatic hydroxyl groups is 1. The molecule has 0 saturated carbocycles. The molecule has 1 aromatic carbocycles. The maximum absolute atomic E-state index is 11.1. The Kier molecular flexibility index (Phi) is 4.44. The third kappa shape index (κ3) is 3.87. The van der Waals surface area contributed by atoms with Gasteiger partial charge in [-0.05, 0) is 11.6 Å². The highest BCUT2D eigenvalue weighted by Crippen LogP contribution is 2.00. The first-order valence-corrected chi connectivity index (χ1v) is 4.45. The third-order valence-corrected chi connectivity index (χ3v) is 1.64. The van der Waals surface area contributed by atoms with E-state index in [-0.39, 0.29) is 19.1 Å². The van der Waals surface area contributed by atoms with Crippen LogP contribution in [-0.2, 0) is 4.79 Å². The van der Waals surface area contributed by atoms with Gasteiger partial charge >= 0.3 is 0 Å². The standard InChI is InChI=1S/C11H13NO2/c13-9-8-12-11(14)7-6-10-4-2-1-3-5-10/h1-7,13H,8-9H2,(H,12,14)/b7-6+. The first-order chi connectivity index (χ1) is 6.83. The summed E-state index contributed by atoms with van der Waals surface area (Å²) in [4.78, 5) is 11.1. The van der Waals surface area contributed by atoms with Gasteiger partial charge < -0.3 is 10.4 Å². The summed E-state index contributed by atoms with van der Waals surface area (Å²) in [6.45, 7) is 0.253. The van der Waals surface area contributed by atoms with Crippen LogP contribution < -0.4 is 5.32 Å². The van der Waals surface area contributed by atoms with Gasteiger partial charge in [0.1, 0.15) is 0 Å². The van der Waals surface area contributed by atoms with Gasteiger partial charge in [-0.2, -0.15) is 0 Å². The second-order valence-electron chi connectivity index (χ2n) is 2.76. The molecule has 0 aromatic heterocycles. The number of benzene rings is 1. The van der Waals surface area contributed by atoms with E-state index in [0.29, 0.717) is 0 Å². The Morgan fingerprint density at radius 1 is 1.36 bits per heavy atom. The minimum Gasteiger partial charge on any atom is -0.395 e. The van der Waals surface area contributed by atoms with Crippen molar-refractivity contribution in [2.45, 2.75) is 0 Å². The predicted octanol–water partition coefficient (Wildman–Crippen LogP) is 0.808. The molecule has 1 aromatic rings. The Morgan fingerprint density at radius 3 is 2.71 bits per heavy atom. The maximum atomic E-state index is 11.1. The topological polar surface area (TPSA) is 49.3 Å². The van der Waals surface area contributed by atoms with Gasteiger partial charge in [-0.25, -0.2) is 0 Å². The molecule has 0 saturated heterocycles. The lowest BCUT2D eigenvalue weighted by Crippen LogP contribution is -2.24. The summed E-state index contributed by atoms with van der Waals surface area (Å²) in [7, 11) is 0. The van der Waals surface area contributed by atoms with Crippen LogP contribution in [0, 0.1) is 0 Å². The fourth-order valence-electron chi connectivity index (χ4n) is 0.974. The van der Waals surface area contributed by atoms with Gasteiger partial charge in [-0.3, -0.25) is 4.79 Å². The number of nitrogens with one attached hydrogen (secondary N) is 1. The van der Waals surface area contributed by atoms with Crippen molar-refractivity contribution >= 4 is 12.0 Å². The molecule has 1 rings (SSSR count). The minimum atomic E-state index is -0.192. The quantitative estimate of drug-likeness (QED) is 0.692. The average molecular weight is 191 g/mol. The highest BCUT2D eigenvalue weighted by molar-refractivity contribution is 5.91. The van der Waals surface area contributed by atoms with Crippen LogP contribution in [0.5, 0.6) is 0 Å². The van der Waals surface area contributed by atoms with E-state index in [1.807, 2.05) is 30.3 Å². The number of amides is 1. The second kappa shape index (κ2) is 5.94. The van der Waals surface area contributed by atoms with Crippen LogP contribution in [0.15, 0.2) is 36.4 Å². The number of aliphatic hydroxyl groups excluding tert-OH is 1. The van der Waals surface area contributed by atoms with Crippen LogP contribution in [-0.4, -0.2) is 24.2 Å². The summed E-state index contributed by atoms with van der Waals surface area (Å²) in [6.07, 6.45) is 3.18. The molecule has 14 heavy (non-hydrogen) atoms. The van der Waals surface area contributed by atoms with Crippen molar-refractivity contribution < 1.29 is 9.90 Å². The number of hydrogen-bond acceptors (Lipinski definition) is 2. The van der Waals surface area contributed by atoms with Crippen LogP contribution >= 0.6 is 0 Å². The number of carbonyl (C=O) groups excluding carboxylic acids is 1. The summed E-state index contributed by atoms with van der Waals surface area (Å²) in [5, 5.41) is 11.0. The average Bonchev–Trinajstić information content (AvgIpc) is 2.25. The van der Waals surface area contributed by atoms with Crippen LogP contribution in [0.4, 0.5) is 0 Å². The maximum Gasteiger partial charge on any atom is 0.244 e. The Balaban J connectivity index is 2.44. The molecule has 0 aliphatic rings. The van der Waals surface area contributed by atoms with Gasteiger partial charge in [0.25, 0.3) is 0 Å². The van der Waals surface area contributed by atoms with Gasteiger partial charge in [-0.1, -0.05) is 30.3 Å². The summed E-state index contributed by atoms with van der Waals surface area (Å²) in [5.74, 6) is -0.192. The van der Waals surface area contributed by atoms with Crippen molar-refractivity contribution in [2.75, 3.05) is 13.2 Å². The third-order valence-electron chi connectivity index (χ3n) is 1.64. The van der Waals surface area contributed by atoms with Crippen molar-refractivity contribution in [1.29, 1.82) is 0 Å². The van der Waals surface area contributed by atoms with Crippen molar-refractivity contribution in [1.82, 2.24) is 5.32 Å². The highest BCUT2D eigenvalue weighted by Gasteiger charge is 1.92. The second-order valence-corrected chi connectivity index (χ2v) is 2.76. The molecule has 0 radical (unpaired) electrons. The zero-order chi connectivity index (χ0) is 10.2. The molecule has 0 unspecified atom stereocenters. The number of rotatable bonds is 4. The minimum absolute atomic E-state index is 0.0368. The summed E-state index contributed by atoms with van der Waals surface area (Å²) >= 11 is 0. The normalized spacial score (nSPS) is 10.4. The van der Waals surface area contributed by atoms with Crippen molar-refractivity contribution in [3.05, 3.63) is 42.0 Å². The molecule has 0 bridgehead atoms. The SMILES string of the molecule is O=C(/C=C/c1ccccc1)NCCO. The zero-order valence-electron chi connectivity index (χ0n) is 7.81. The Labute approximate surface area is 83.1 Å². The predicted molar refractivity (Wildman–Crippen MR) is 55.6 cm³/mol. The molecule has 3 heteroatoms. The molecule has 0 aliphatic carbocycles. The highest BCUT2D eigenvalue weighted by atomic mass is 16.3. The summed E-state index contributed by atoms with van der Waals surface area (Å²) < 4.78 is 0. The molecule has 1 amide bonds. The molecule has 0 heterocycles. The van der Waals surface area contributed by atoms with E-state index in [1.54, 1.807) is 6.08 Å². The lowest BCUT2D eigenvalue weighted by Gasteiger charge is -1.96. The van der Waals surface area contributed by atoms with Crippen LogP contribution in [0.25, 0.3) is 6.08 Å². The van der Waals surface area contributed by atoms with E-state index in [4.69, 9.17) is 5.11 Å². The summed E-state index contributed by atoms with van der Waals surface area (Å²) in [5.41, 5.74) is 0.978. The van der Waals surface area contributed by atoms with Crippen LogP contribution in [0.1, 0.15) is 5.56 Å². The molecule has 74 valence electrons. The van der Waals surface area contributed by atoms with E-state index in [9.17, 15) is 4.79 Å². The fraction of sp³-hybridized carbons (Fsp3) is 0.182. The first kappa shape index (κ1) is 10.5. The lowest BCUT2D eigenvalue weighted by molar-refractivity contribution is -0.116. The summed E-state index contributed by atoms with van der Waals surface area (Å²) in [6, 6.07) is 9.56. The van der Waals surface area contributed by atoms with Gasteiger partial charge in [0.05, 0.1) is 6.61 Å². The number of hydrogen-bond donors (Lipinski definition) is 2. The lowest BCUT2D eigenvalue weighted by atomic mass is 10.2. The Bertz CT molecular complexity index is 306. The molecule has 0 fully saturated rings. The van der Waals surface area contributed by atoms with Crippen LogP contribution in [0.3, 0.4) is 0 Å². The van der Waals surface area contributed by atoms with Gasteiger partial charge in [0.15, 0.2) is 0 Å². The Hall–Kier alpha value is -1.61. The molecule has 0 aliphatic heterocycles.